The van der Waals surface area contributed by atoms with Crippen LogP contribution in [0.15, 0.2) is 60.7 Å². The average molecular weight is 509 g/mol. The van der Waals surface area contributed by atoms with Crippen LogP contribution >= 0.6 is 0 Å². The maximum Gasteiger partial charge on any atom is 0.105 e. The first-order valence-electron chi connectivity index (χ1n) is 14.1. The van der Waals surface area contributed by atoms with E-state index in [2.05, 4.69) is 147 Å². The Morgan fingerprint density at radius 1 is 0.838 bits per heavy atom. The van der Waals surface area contributed by atoms with Crippen molar-refractivity contribution in [1.82, 2.24) is 10.1 Å². The number of hydrogen-bond donors (Lipinski definition) is 0. The lowest BCUT2D eigenvalue weighted by Crippen LogP contribution is -2.62. The molecular weight excluding hydrogens is 456 g/mol. The van der Waals surface area contributed by atoms with E-state index in [0.717, 1.165) is 19.3 Å². The van der Waals surface area contributed by atoms with Gasteiger partial charge in [0.05, 0.1) is 0 Å². The smallest absolute Gasteiger partial charge is 0.105 e. The Morgan fingerprint density at radius 3 is 1.81 bits per heavy atom. The molecule has 0 amide bonds. The monoisotopic (exact) mass is 508 g/mol. The highest BCUT2D eigenvalue weighted by Crippen LogP contribution is 2.47. The highest BCUT2D eigenvalue weighted by molar-refractivity contribution is 5.19. The van der Waals surface area contributed by atoms with Crippen molar-refractivity contribution in [1.29, 1.82) is 0 Å². The Balaban J connectivity index is 1.91. The standard InChI is InChI=1S/C33H52N2O2/c1-25(26-18-14-12-15-19-26)36-35-32(8,9)23-22-28(33(35,10)11)24-29(27-20-16-13-17-21-27)37-34(30(2,3)4)31(5,6)7/h12-21,25,28-29H,22-24H2,1-11H3. The van der Waals surface area contributed by atoms with Gasteiger partial charge in [0.2, 0.25) is 0 Å². The van der Waals surface area contributed by atoms with E-state index >= 15 is 0 Å². The average Bonchev–Trinajstić information content (AvgIpc) is 2.80. The molecule has 0 N–H and O–H groups in total. The number of benzene rings is 2. The summed E-state index contributed by atoms with van der Waals surface area (Å²) >= 11 is 0. The van der Waals surface area contributed by atoms with Crippen LogP contribution in [0.3, 0.4) is 0 Å². The number of hydrogen-bond acceptors (Lipinski definition) is 4. The molecule has 0 spiro atoms. The predicted molar refractivity (Wildman–Crippen MR) is 155 cm³/mol. The Hall–Kier alpha value is -1.72. The molecule has 4 nitrogen and oxygen atoms in total. The topological polar surface area (TPSA) is 24.9 Å². The van der Waals surface area contributed by atoms with Crippen LogP contribution < -0.4 is 0 Å². The minimum atomic E-state index is -0.171. The van der Waals surface area contributed by atoms with E-state index in [1.54, 1.807) is 0 Å². The summed E-state index contributed by atoms with van der Waals surface area (Å²) in [6.07, 6.45) is 3.08. The minimum Gasteiger partial charge on any atom is -0.290 e. The van der Waals surface area contributed by atoms with Crippen molar-refractivity contribution < 1.29 is 9.68 Å². The number of rotatable bonds is 8. The van der Waals surface area contributed by atoms with Gasteiger partial charge in [-0.3, -0.25) is 9.68 Å². The molecule has 4 heteroatoms. The third kappa shape index (κ3) is 7.23. The summed E-state index contributed by atoms with van der Waals surface area (Å²) in [4.78, 5) is 13.8. The Bertz CT molecular complexity index is 959. The Morgan fingerprint density at radius 2 is 1.32 bits per heavy atom. The van der Waals surface area contributed by atoms with Crippen molar-refractivity contribution in [3.63, 3.8) is 0 Å². The maximum atomic E-state index is 6.97. The summed E-state index contributed by atoms with van der Waals surface area (Å²) in [7, 11) is 0. The van der Waals surface area contributed by atoms with E-state index in [1.165, 1.54) is 11.1 Å². The van der Waals surface area contributed by atoms with Gasteiger partial charge in [0.1, 0.15) is 12.2 Å². The van der Waals surface area contributed by atoms with Crippen molar-refractivity contribution in [3.05, 3.63) is 71.8 Å². The third-order valence-corrected chi connectivity index (χ3v) is 7.83. The minimum absolute atomic E-state index is 0.0167. The van der Waals surface area contributed by atoms with Crippen molar-refractivity contribution in [3.8, 4) is 0 Å². The lowest BCUT2D eigenvalue weighted by Gasteiger charge is -2.56. The second kappa shape index (κ2) is 11.2. The lowest BCUT2D eigenvalue weighted by molar-refractivity contribution is -0.325. The van der Waals surface area contributed by atoms with Gasteiger partial charge in [-0.05, 0) is 112 Å². The van der Waals surface area contributed by atoms with E-state index in [-0.39, 0.29) is 34.4 Å². The van der Waals surface area contributed by atoms with Crippen molar-refractivity contribution in [2.24, 2.45) is 5.92 Å². The summed E-state index contributed by atoms with van der Waals surface area (Å²) in [6.45, 7) is 24.9. The molecule has 206 valence electrons. The highest BCUT2D eigenvalue weighted by Gasteiger charge is 2.50. The summed E-state index contributed by atoms with van der Waals surface area (Å²) < 4.78 is 0. The zero-order valence-corrected chi connectivity index (χ0v) is 25.3. The lowest BCUT2D eigenvalue weighted by atomic mass is 9.71. The van der Waals surface area contributed by atoms with Crippen LogP contribution in [0.4, 0.5) is 0 Å². The van der Waals surface area contributed by atoms with Crippen molar-refractivity contribution >= 4 is 0 Å². The molecular formula is C33H52N2O2. The van der Waals surface area contributed by atoms with Crippen molar-refractivity contribution in [2.75, 3.05) is 0 Å². The summed E-state index contributed by atoms with van der Waals surface area (Å²) in [6, 6.07) is 21.3. The molecule has 0 saturated carbocycles. The number of nitrogens with zero attached hydrogens (tertiary/aromatic N) is 2. The van der Waals surface area contributed by atoms with Gasteiger partial charge in [0, 0.05) is 22.2 Å². The first-order valence-corrected chi connectivity index (χ1v) is 14.1. The molecule has 0 aliphatic carbocycles. The van der Waals surface area contributed by atoms with E-state index in [9.17, 15) is 0 Å². The summed E-state index contributed by atoms with van der Waals surface area (Å²) in [5.41, 5.74) is 1.94. The maximum absolute atomic E-state index is 6.97. The molecule has 2 aromatic rings. The van der Waals surface area contributed by atoms with E-state index in [0.29, 0.717) is 5.92 Å². The van der Waals surface area contributed by atoms with Crippen molar-refractivity contribution in [2.45, 2.75) is 130 Å². The van der Waals surface area contributed by atoms with Crippen LogP contribution in [0.5, 0.6) is 0 Å². The zero-order valence-electron chi connectivity index (χ0n) is 25.3. The first kappa shape index (κ1) is 29.8. The number of hydroxylamine groups is 4. The molecule has 1 heterocycles. The fraction of sp³-hybridized carbons (Fsp3) is 0.636. The SMILES string of the molecule is CC(ON1C(C)(C)CCC(CC(ON(C(C)(C)C)C(C)(C)C)c2ccccc2)C1(C)C)c1ccccc1. The number of piperidine rings is 1. The molecule has 2 aromatic carbocycles. The second-order valence-corrected chi connectivity index (χ2v) is 14.0. The molecule has 0 bridgehead atoms. The van der Waals surface area contributed by atoms with Gasteiger partial charge in [-0.15, -0.1) is 0 Å². The van der Waals surface area contributed by atoms with Crippen LogP contribution in [-0.4, -0.2) is 32.3 Å². The zero-order chi connectivity index (χ0) is 27.6. The Kier molecular flexibility index (Phi) is 9.01. The molecule has 1 fully saturated rings. The summed E-state index contributed by atoms with van der Waals surface area (Å²) in [5.74, 6) is 0.399. The fourth-order valence-corrected chi connectivity index (χ4v) is 6.17. The first-order chi connectivity index (χ1) is 17.0. The third-order valence-electron chi connectivity index (χ3n) is 7.83. The van der Waals surface area contributed by atoms with Crippen LogP contribution in [-0.2, 0) is 9.68 Å². The summed E-state index contributed by atoms with van der Waals surface area (Å²) in [5, 5.41) is 4.50. The molecule has 1 aliphatic heterocycles. The molecule has 0 aromatic heterocycles. The predicted octanol–water partition coefficient (Wildman–Crippen LogP) is 8.91. The van der Waals surface area contributed by atoms with Gasteiger partial charge in [0.25, 0.3) is 0 Å². The van der Waals surface area contributed by atoms with E-state index in [1.807, 2.05) is 0 Å². The molecule has 1 aliphatic rings. The van der Waals surface area contributed by atoms with Gasteiger partial charge in [-0.2, -0.15) is 10.1 Å². The molecule has 37 heavy (non-hydrogen) atoms. The molecule has 3 atom stereocenters. The van der Waals surface area contributed by atoms with Crippen LogP contribution in [0, 0.1) is 5.92 Å². The second-order valence-electron chi connectivity index (χ2n) is 14.0. The highest BCUT2D eigenvalue weighted by atomic mass is 16.7. The van der Waals surface area contributed by atoms with Gasteiger partial charge in [-0.1, -0.05) is 60.7 Å². The van der Waals surface area contributed by atoms with Gasteiger partial charge in [0.15, 0.2) is 0 Å². The quantitative estimate of drug-likeness (QED) is 0.332. The van der Waals surface area contributed by atoms with Gasteiger partial charge < -0.3 is 0 Å². The van der Waals surface area contributed by atoms with Crippen LogP contribution in [0.1, 0.15) is 119 Å². The molecule has 0 radical (unpaired) electrons. The Labute approximate surface area is 227 Å². The molecule has 1 saturated heterocycles. The van der Waals surface area contributed by atoms with E-state index < -0.39 is 0 Å². The van der Waals surface area contributed by atoms with Gasteiger partial charge >= 0.3 is 0 Å². The normalized spacial score (nSPS) is 22.1. The molecule has 3 unspecified atom stereocenters. The largest absolute Gasteiger partial charge is 0.290 e. The van der Waals surface area contributed by atoms with Crippen LogP contribution in [0.25, 0.3) is 0 Å². The van der Waals surface area contributed by atoms with Crippen LogP contribution in [0.2, 0.25) is 0 Å². The molecule has 3 rings (SSSR count). The fourth-order valence-electron chi connectivity index (χ4n) is 6.17. The van der Waals surface area contributed by atoms with E-state index in [4.69, 9.17) is 9.68 Å². The van der Waals surface area contributed by atoms with Gasteiger partial charge in [-0.25, -0.2) is 0 Å².